The smallest absolute Gasteiger partial charge is 0.259 e. The minimum Gasteiger partial charge on any atom is -0.460 e. The number of hydrogen-bond acceptors (Lipinski definition) is 2. The number of rotatable bonds is 2. The van der Waals surface area contributed by atoms with E-state index in [1.165, 1.54) is 6.26 Å². The van der Waals surface area contributed by atoms with Gasteiger partial charge in [-0.2, -0.15) is 0 Å². The minimum atomic E-state index is -0.285. The van der Waals surface area contributed by atoms with E-state index in [4.69, 9.17) is 9.47 Å². The fraction of sp³-hybridized carbons (Fsp3) is 0.143. The van der Waals surface area contributed by atoms with Crippen LogP contribution in [0.5, 0.6) is 0 Å². The number of hydrogen-bond donors (Lipinski definition) is 0. The van der Waals surface area contributed by atoms with Crippen molar-refractivity contribution in [2.24, 2.45) is 0 Å². The maximum Gasteiger partial charge on any atom is 0.259 e. The Morgan fingerprint density at radius 2 is 2.44 bits per heavy atom. The quantitative estimate of drug-likeness (QED) is 0.520. The Bertz CT molecular complexity index is 145. The third-order valence-corrected chi connectivity index (χ3v) is 0.901. The van der Waals surface area contributed by atoms with Crippen molar-refractivity contribution in [3.8, 4) is 0 Å². The summed E-state index contributed by atoms with van der Waals surface area (Å²) < 4.78 is 9.84. The lowest BCUT2D eigenvalue weighted by Crippen LogP contribution is -2.08. The van der Waals surface area contributed by atoms with Crippen LogP contribution in [0.2, 0.25) is 0 Å². The molecule has 1 heterocycles. The summed E-state index contributed by atoms with van der Waals surface area (Å²) in [6.07, 6.45) is 8.09. The second-order valence-electron chi connectivity index (χ2n) is 1.52. The second-order valence-corrected chi connectivity index (χ2v) is 1.52. The topological polar surface area (TPSA) is 18.5 Å². The molecule has 48 valence electrons. The van der Waals surface area contributed by atoms with Crippen molar-refractivity contribution in [2.75, 3.05) is 0 Å². The van der Waals surface area contributed by atoms with Crippen molar-refractivity contribution >= 4 is 0 Å². The Hall–Kier alpha value is -1.18. The van der Waals surface area contributed by atoms with Gasteiger partial charge in [0.2, 0.25) is 0 Å². The van der Waals surface area contributed by atoms with E-state index in [1.807, 2.05) is 6.08 Å². The molecule has 0 bridgehead atoms. The van der Waals surface area contributed by atoms with Gasteiger partial charge in [0.15, 0.2) is 0 Å². The van der Waals surface area contributed by atoms with Crippen molar-refractivity contribution in [2.45, 2.75) is 6.29 Å². The Balaban J connectivity index is 2.36. The molecule has 1 aliphatic rings. The first-order chi connectivity index (χ1) is 4.43. The highest BCUT2D eigenvalue weighted by Crippen LogP contribution is 2.02. The molecule has 0 radical (unpaired) electrons. The summed E-state index contributed by atoms with van der Waals surface area (Å²) >= 11 is 0. The lowest BCUT2D eigenvalue weighted by Gasteiger charge is -2.12. The van der Waals surface area contributed by atoms with Gasteiger partial charge < -0.3 is 9.47 Å². The van der Waals surface area contributed by atoms with Crippen LogP contribution in [0.25, 0.3) is 0 Å². The zero-order chi connectivity index (χ0) is 6.53. The highest BCUT2D eigenvalue weighted by atomic mass is 16.7. The first kappa shape index (κ1) is 5.95. The van der Waals surface area contributed by atoms with Gasteiger partial charge in [0.05, 0.1) is 12.5 Å². The van der Waals surface area contributed by atoms with E-state index in [9.17, 15) is 0 Å². The molecule has 1 atom stereocenters. The van der Waals surface area contributed by atoms with Gasteiger partial charge in [0, 0.05) is 0 Å². The minimum absolute atomic E-state index is 0.285. The molecular formula is C7H8O2. The SMILES string of the molecule is C=COC1C=CC=CO1. The molecular weight excluding hydrogens is 116 g/mol. The lowest BCUT2D eigenvalue weighted by molar-refractivity contribution is -0.0246. The normalized spacial score (nSPS) is 22.9. The van der Waals surface area contributed by atoms with Crippen LogP contribution in [0.15, 0.2) is 37.3 Å². The third kappa shape index (κ3) is 1.64. The molecule has 0 fully saturated rings. The van der Waals surface area contributed by atoms with Crippen LogP contribution in [0.1, 0.15) is 0 Å². The van der Waals surface area contributed by atoms with E-state index >= 15 is 0 Å². The van der Waals surface area contributed by atoms with E-state index in [2.05, 4.69) is 6.58 Å². The van der Waals surface area contributed by atoms with Gasteiger partial charge in [0.25, 0.3) is 6.29 Å². The molecule has 2 heteroatoms. The largest absolute Gasteiger partial charge is 0.460 e. The predicted octanol–water partition coefficient (Wildman–Crippen LogP) is 1.57. The fourth-order valence-electron chi connectivity index (χ4n) is 0.541. The van der Waals surface area contributed by atoms with E-state index < -0.39 is 0 Å². The highest BCUT2D eigenvalue weighted by molar-refractivity contribution is 5.05. The molecule has 0 N–H and O–H groups in total. The molecule has 0 saturated carbocycles. The van der Waals surface area contributed by atoms with Gasteiger partial charge in [-0.3, -0.25) is 0 Å². The molecule has 2 nitrogen and oxygen atoms in total. The van der Waals surface area contributed by atoms with Crippen molar-refractivity contribution in [3.05, 3.63) is 37.3 Å². The van der Waals surface area contributed by atoms with Crippen LogP contribution in [0.3, 0.4) is 0 Å². The van der Waals surface area contributed by atoms with Crippen LogP contribution in [0.4, 0.5) is 0 Å². The third-order valence-electron chi connectivity index (χ3n) is 0.901. The van der Waals surface area contributed by atoms with Crippen molar-refractivity contribution in [3.63, 3.8) is 0 Å². The van der Waals surface area contributed by atoms with Crippen LogP contribution in [-0.2, 0) is 9.47 Å². The van der Waals surface area contributed by atoms with Gasteiger partial charge in [-0.1, -0.05) is 12.7 Å². The Morgan fingerprint density at radius 3 is 3.00 bits per heavy atom. The molecule has 0 saturated heterocycles. The average molecular weight is 124 g/mol. The van der Waals surface area contributed by atoms with Crippen molar-refractivity contribution in [1.82, 2.24) is 0 Å². The van der Waals surface area contributed by atoms with Crippen LogP contribution in [-0.4, -0.2) is 6.29 Å². The Morgan fingerprint density at radius 1 is 1.56 bits per heavy atom. The zero-order valence-corrected chi connectivity index (χ0v) is 4.99. The molecule has 0 spiro atoms. The molecule has 9 heavy (non-hydrogen) atoms. The lowest BCUT2D eigenvalue weighted by atomic mass is 10.4. The van der Waals surface area contributed by atoms with Gasteiger partial charge in [-0.25, -0.2) is 0 Å². The first-order valence-corrected chi connectivity index (χ1v) is 2.68. The molecule has 0 aromatic rings. The van der Waals surface area contributed by atoms with E-state index in [-0.39, 0.29) is 6.29 Å². The molecule has 1 rings (SSSR count). The Kier molecular flexibility index (Phi) is 1.96. The standard InChI is InChI=1S/C7H8O2/c1-2-8-7-5-3-4-6-9-7/h2-7H,1H2. The maximum atomic E-state index is 4.96. The summed E-state index contributed by atoms with van der Waals surface area (Å²) in [7, 11) is 0. The van der Waals surface area contributed by atoms with Crippen LogP contribution >= 0.6 is 0 Å². The Labute approximate surface area is 54.1 Å². The summed E-state index contributed by atoms with van der Waals surface area (Å²) in [6.45, 7) is 3.39. The number of allylic oxidation sites excluding steroid dienone is 2. The fourth-order valence-corrected chi connectivity index (χ4v) is 0.541. The molecule has 0 amide bonds. The second kappa shape index (κ2) is 2.97. The van der Waals surface area contributed by atoms with Crippen LogP contribution in [0, 0.1) is 0 Å². The first-order valence-electron chi connectivity index (χ1n) is 2.68. The van der Waals surface area contributed by atoms with Gasteiger partial charge in [0.1, 0.15) is 0 Å². The number of ether oxygens (including phenoxy) is 2. The average Bonchev–Trinajstić information content (AvgIpc) is 1.91. The summed E-state index contributed by atoms with van der Waals surface area (Å²) in [5.74, 6) is 0. The van der Waals surface area contributed by atoms with E-state index in [0.717, 1.165) is 0 Å². The molecule has 0 aromatic heterocycles. The molecule has 1 unspecified atom stereocenters. The van der Waals surface area contributed by atoms with Crippen molar-refractivity contribution < 1.29 is 9.47 Å². The predicted molar refractivity (Wildman–Crippen MR) is 34.4 cm³/mol. The summed E-state index contributed by atoms with van der Waals surface area (Å²) in [6, 6.07) is 0. The van der Waals surface area contributed by atoms with Gasteiger partial charge >= 0.3 is 0 Å². The summed E-state index contributed by atoms with van der Waals surface area (Å²) in [5, 5.41) is 0. The van der Waals surface area contributed by atoms with E-state index in [0.29, 0.717) is 0 Å². The van der Waals surface area contributed by atoms with E-state index in [1.54, 1.807) is 18.4 Å². The molecule has 1 aliphatic heterocycles. The molecule has 0 aromatic carbocycles. The summed E-state index contributed by atoms with van der Waals surface area (Å²) in [4.78, 5) is 0. The van der Waals surface area contributed by atoms with Gasteiger partial charge in [-0.15, -0.1) is 0 Å². The van der Waals surface area contributed by atoms with Gasteiger partial charge in [-0.05, 0) is 12.2 Å². The van der Waals surface area contributed by atoms with Crippen molar-refractivity contribution in [1.29, 1.82) is 0 Å². The van der Waals surface area contributed by atoms with Crippen LogP contribution < -0.4 is 0 Å². The highest BCUT2D eigenvalue weighted by Gasteiger charge is 2.01. The maximum absolute atomic E-state index is 4.96. The molecule has 0 aliphatic carbocycles. The summed E-state index contributed by atoms with van der Waals surface area (Å²) in [5.41, 5.74) is 0. The zero-order valence-electron chi connectivity index (χ0n) is 4.99. The monoisotopic (exact) mass is 124 g/mol.